The molecule has 6 rings (SSSR count). The highest BCUT2D eigenvalue weighted by Gasteiger charge is 2.50. The Hall–Kier alpha value is -1.83. The smallest absolute Gasteiger partial charge is 0.387 e. The minimum absolute atomic E-state index is 0.0771. The summed E-state index contributed by atoms with van der Waals surface area (Å²) < 4.78 is 50.6. The average Bonchev–Trinajstić information content (AvgIpc) is 3.37. The Kier molecular flexibility index (Phi) is 6.37. The van der Waals surface area contributed by atoms with Crippen LogP contribution in [0.5, 0.6) is 0 Å². The molecule has 200 valence electrons. The molecule has 21 heteroatoms. The number of phosphoric ester groups is 2. The van der Waals surface area contributed by atoms with E-state index in [0.717, 1.165) is 15.5 Å². The first-order chi connectivity index (χ1) is 16.8. The van der Waals surface area contributed by atoms with Crippen LogP contribution in [0.1, 0.15) is 12.5 Å². The summed E-state index contributed by atoms with van der Waals surface area (Å²) in [5.41, 5.74) is 5.08. The van der Waals surface area contributed by atoms with E-state index in [-0.39, 0.29) is 17.0 Å². The Morgan fingerprint density at radius 2 is 1.58 bits per heavy atom. The Balaban J connectivity index is 1.61. The second-order valence-electron chi connectivity index (χ2n) is 8.24. The van der Waals surface area contributed by atoms with Crippen LogP contribution in [0.25, 0.3) is 11.2 Å². The van der Waals surface area contributed by atoms with E-state index in [1.165, 1.54) is 0 Å². The van der Waals surface area contributed by atoms with Crippen molar-refractivity contribution in [2.24, 2.45) is 0 Å². The molecule has 2 saturated heterocycles. The van der Waals surface area contributed by atoms with E-state index in [1.54, 1.807) is 0 Å². The zero-order valence-electron chi connectivity index (χ0n) is 17.9. The SMILES string of the molecule is Nc1c2[nH]c(=O)n3c2nc[n+]1[C@@H]1O[C@H](COP(=O)(O)OP(=O)(O)OC[C@H]2O[C@@H]3[C@H](O)[C@@H]2O)[C@@H](O)[C@H]1O. The summed E-state index contributed by atoms with van der Waals surface area (Å²) in [5, 5.41) is 41.6. The predicted octanol–water partition coefficient (Wildman–Crippen LogP) is -3.90. The van der Waals surface area contributed by atoms with Gasteiger partial charge in [-0.05, 0) is 0 Å². The van der Waals surface area contributed by atoms with Gasteiger partial charge in [-0.15, -0.1) is 0 Å². The molecule has 2 aromatic rings. The number of nitrogens with one attached hydrogen (secondary N) is 1. The van der Waals surface area contributed by atoms with Crippen molar-refractivity contribution >= 4 is 32.6 Å². The Labute approximate surface area is 199 Å². The normalized spacial score (nSPS) is 43.7. The van der Waals surface area contributed by atoms with E-state index in [0.29, 0.717) is 0 Å². The molecular weight excluding hydrogens is 536 g/mol. The number of fused-ring (bicyclic) bond motifs is 7. The maximum absolute atomic E-state index is 12.7. The highest BCUT2D eigenvalue weighted by atomic mass is 31.3. The van der Waals surface area contributed by atoms with Crippen LogP contribution < -0.4 is 16.0 Å². The van der Waals surface area contributed by atoms with Crippen LogP contribution in [0.4, 0.5) is 5.82 Å². The van der Waals surface area contributed by atoms with E-state index < -0.39 is 83.6 Å². The lowest BCUT2D eigenvalue weighted by Gasteiger charge is -2.20. The predicted molar refractivity (Wildman–Crippen MR) is 109 cm³/mol. The second-order valence-corrected chi connectivity index (χ2v) is 11.3. The molecule has 9 N–H and O–H groups in total. The van der Waals surface area contributed by atoms with Crippen LogP contribution in [0.2, 0.25) is 0 Å². The average molecular weight is 558 g/mol. The number of hydrogen-bond donors (Lipinski definition) is 8. The first-order valence-corrected chi connectivity index (χ1v) is 13.3. The molecule has 0 amide bonds. The molecular formula is C15H22N5O14P2+. The van der Waals surface area contributed by atoms with E-state index >= 15 is 0 Å². The molecule has 6 heterocycles. The van der Waals surface area contributed by atoms with Crippen molar-refractivity contribution in [3.63, 3.8) is 0 Å². The van der Waals surface area contributed by atoms with Crippen molar-refractivity contribution in [2.75, 3.05) is 18.9 Å². The molecule has 36 heavy (non-hydrogen) atoms. The van der Waals surface area contributed by atoms with Crippen LogP contribution in [-0.4, -0.2) is 94.6 Å². The molecule has 0 spiro atoms. The molecule has 4 aliphatic rings. The lowest BCUT2D eigenvalue weighted by Crippen LogP contribution is -2.48. The Morgan fingerprint density at radius 1 is 1.00 bits per heavy atom. The first kappa shape index (κ1) is 25.8. The number of aromatic amines is 1. The summed E-state index contributed by atoms with van der Waals surface area (Å²) in [6.45, 7) is -1.81. The zero-order valence-corrected chi connectivity index (χ0v) is 19.7. The number of aromatic nitrogens is 4. The third-order valence-corrected chi connectivity index (χ3v) is 8.56. The number of aliphatic hydroxyl groups excluding tert-OH is 4. The molecule has 0 radical (unpaired) electrons. The first-order valence-electron chi connectivity index (χ1n) is 10.3. The number of phosphoric acid groups is 2. The number of imidazole rings is 1. The van der Waals surface area contributed by atoms with E-state index in [4.69, 9.17) is 15.2 Å². The van der Waals surface area contributed by atoms with Gasteiger partial charge in [0.2, 0.25) is 18.2 Å². The van der Waals surface area contributed by atoms with Crippen molar-refractivity contribution in [1.82, 2.24) is 14.5 Å². The van der Waals surface area contributed by atoms with Crippen molar-refractivity contribution < 1.29 is 66.7 Å². The molecule has 2 aromatic heterocycles. The largest absolute Gasteiger partial charge is 0.481 e. The number of anilines is 1. The fourth-order valence-corrected chi connectivity index (χ4v) is 6.27. The third-order valence-electron chi connectivity index (χ3n) is 5.95. The maximum atomic E-state index is 12.7. The third kappa shape index (κ3) is 4.31. The van der Waals surface area contributed by atoms with Crippen molar-refractivity contribution in [3.8, 4) is 0 Å². The number of hydrogen-bond acceptors (Lipinski definition) is 14. The second kappa shape index (κ2) is 8.88. The van der Waals surface area contributed by atoms with Gasteiger partial charge in [0.15, 0.2) is 11.7 Å². The number of nitrogens with zero attached hydrogens (tertiary/aromatic N) is 3. The zero-order chi connectivity index (χ0) is 26.2. The molecule has 2 fully saturated rings. The summed E-state index contributed by atoms with van der Waals surface area (Å²) in [4.78, 5) is 38.9. The standard InChI is InChI=1S/C15H21N5O14P2/c16-11-6-12-17-3-19(11)13-9(23)7(21)4(32-13)1-30-35(26,27)34-36(28,29)31-2-5-8(22)10(24)14(33-5)20(12)15(25)18-6/h3-5,7-10,13-14,16,21-24H,1-2H2,(H3,18,25,26,27,28,29)/p+1/t4-,5-,7-,8-,9-,10-,13-,14-/m1/s1. The van der Waals surface area contributed by atoms with Crippen LogP contribution in [0, 0.1) is 0 Å². The van der Waals surface area contributed by atoms with Gasteiger partial charge in [0.1, 0.15) is 36.6 Å². The fourth-order valence-electron chi connectivity index (χ4n) is 4.18. The Morgan fingerprint density at radius 3 is 2.22 bits per heavy atom. The molecule has 0 saturated carbocycles. The number of aliphatic hydroxyl groups is 4. The summed E-state index contributed by atoms with van der Waals surface area (Å²) in [6, 6.07) is 0. The van der Waals surface area contributed by atoms with Gasteiger partial charge in [0.25, 0.3) is 5.82 Å². The summed E-state index contributed by atoms with van der Waals surface area (Å²) in [5.74, 6) is -0.194. The molecule has 10 atom stereocenters. The quantitative estimate of drug-likeness (QED) is 0.113. The van der Waals surface area contributed by atoms with E-state index in [2.05, 4.69) is 23.3 Å². The molecule has 0 aliphatic carbocycles. The van der Waals surface area contributed by atoms with Crippen molar-refractivity contribution in [3.05, 3.63) is 16.8 Å². The van der Waals surface area contributed by atoms with Crippen molar-refractivity contribution in [2.45, 2.75) is 49.1 Å². The van der Waals surface area contributed by atoms with Gasteiger partial charge in [-0.1, -0.05) is 4.98 Å². The van der Waals surface area contributed by atoms with Crippen LogP contribution in [-0.2, 0) is 32.0 Å². The number of ether oxygens (including phenoxy) is 2. The molecule has 4 aliphatic heterocycles. The van der Waals surface area contributed by atoms with Gasteiger partial charge in [-0.2, -0.15) is 4.31 Å². The molecule has 0 aromatic carbocycles. The number of H-pyrrole nitrogens is 1. The summed E-state index contributed by atoms with van der Waals surface area (Å²) >= 11 is 0. The van der Waals surface area contributed by atoms with E-state index in [1.807, 2.05) is 0 Å². The number of rotatable bonds is 0. The van der Waals surface area contributed by atoms with E-state index in [9.17, 15) is 44.1 Å². The monoisotopic (exact) mass is 558 g/mol. The number of nitrogens with two attached hydrogens (primary N) is 1. The minimum atomic E-state index is -5.31. The molecule has 8 bridgehead atoms. The summed E-state index contributed by atoms with van der Waals surface area (Å²) in [7, 11) is -10.6. The number of nitrogen functional groups attached to an aromatic ring is 1. The Bertz CT molecular complexity index is 1330. The van der Waals surface area contributed by atoms with Gasteiger partial charge in [-0.3, -0.25) is 14.0 Å². The topological polar surface area (TPSA) is 282 Å². The van der Waals surface area contributed by atoms with Gasteiger partial charge >= 0.3 is 21.3 Å². The summed E-state index contributed by atoms with van der Waals surface area (Å²) in [6.07, 6.45) is -11.7. The highest BCUT2D eigenvalue weighted by molar-refractivity contribution is 7.61. The van der Waals surface area contributed by atoms with Gasteiger partial charge in [0, 0.05) is 0 Å². The van der Waals surface area contributed by atoms with Crippen molar-refractivity contribution in [1.29, 1.82) is 0 Å². The van der Waals surface area contributed by atoms with Crippen LogP contribution >= 0.6 is 15.6 Å². The maximum Gasteiger partial charge on any atom is 0.481 e. The van der Waals surface area contributed by atoms with Crippen LogP contribution in [0.3, 0.4) is 0 Å². The highest BCUT2D eigenvalue weighted by Crippen LogP contribution is 2.60. The fraction of sp³-hybridized carbons (Fsp3) is 0.667. The molecule has 2 unspecified atom stereocenters. The van der Waals surface area contributed by atoms with Gasteiger partial charge in [0.05, 0.1) is 13.2 Å². The van der Waals surface area contributed by atoms with Gasteiger partial charge in [-0.25, -0.2) is 23.1 Å². The lowest BCUT2D eigenvalue weighted by molar-refractivity contribution is -0.755. The lowest BCUT2D eigenvalue weighted by atomic mass is 10.1. The molecule has 19 nitrogen and oxygen atoms in total. The van der Waals surface area contributed by atoms with Gasteiger partial charge < -0.3 is 45.4 Å². The minimum Gasteiger partial charge on any atom is -0.387 e. The van der Waals surface area contributed by atoms with Crippen LogP contribution in [0.15, 0.2) is 11.1 Å².